The lowest BCUT2D eigenvalue weighted by Crippen LogP contribution is -2.28. The summed E-state index contributed by atoms with van der Waals surface area (Å²) in [6.45, 7) is 2.36. The maximum Gasteiger partial charge on any atom is 0.240 e. The summed E-state index contributed by atoms with van der Waals surface area (Å²) in [5, 5.41) is 0.503. The summed E-state index contributed by atoms with van der Waals surface area (Å²) in [6.07, 6.45) is 0. The van der Waals surface area contributed by atoms with Crippen LogP contribution in [-0.4, -0.2) is 21.6 Å². The number of hydrogen-bond donors (Lipinski definition) is 1. The zero-order valence-corrected chi connectivity index (χ0v) is 14.2. The second-order valence-electron chi connectivity index (χ2n) is 4.64. The highest BCUT2D eigenvalue weighted by atomic mass is 35.5. The predicted molar refractivity (Wildman–Crippen MR) is 88.3 cm³/mol. The van der Waals surface area contributed by atoms with Crippen LogP contribution in [0.2, 0.25) is 10.0 Å². The molecule has 0 aliphatic carbocycles. The highest BCUT2D eigenvalue weighted by Crippen LogP contribution is 2.24. The van der Waals surface area contributed by atoms with Crippen molar-refractivity contribution in [2.24, 2.45) is 0 Å². The van der Waals surface area contributed by atoms with Gasteiger partial charge in [-0.05, 0) is 37.3 Å². The van der Waals surface area contributed by atoms with E-state index < -0.39 is 10.0 Å². The Morgan fingerprint density at radius 1 is 1.05 bits per heavy atom. The number of aryl methyl sites for hydroxylation is 1. The molecule has 0 saturated carbocycles. The molecule has 1 N–H and O–H groups in total. The van der Waals surface area contributed by atoms with Crippen molar-refractivity contribution in [2.45, 2.75) is 11.8 Å². The maximum atomic E-state index is 12.1. The Bertz CT molecular complexity index is 746. The third kappa shape index (κ3) is 4.61. The minimum Gasteiger partial charge on any atom is -0.492 e. The summed E-state index contributed by atoms with van der Waals surface area (Å²) in [6, 6.07) is 11.7. The molecule has 2 aromatic rings. The Labute approximate surface area is 140 Å². The van der Waals surface area contributed by atoms with Gasteiger partial charge >= 0.3 is 0 Å². The van der Waals surface area contributed by atoms with Gasteiger partial charge in [-0.1, -0.05) is 40.9 Å². The van der Waals surface area contributed by atoms with Gasteiger partial charge in [-0.2, -0.15) is 0 Å². The van der Waals surface area contributed by atoms with E-state index in [1.807, 2.05) is 31.2 Å². The highest BCUT2D eigenvalue weighted by Gasteiger charge is 2.14. The SMILES string of the molecule is Cc1ccc(OCCNS(=O)(=O)c2ccc(Cl)c(Cl)c2)cc1. The number of sulfonamides is 1. The van der Waals surface area contributed by atoms with E-state index in [-0.39, 0.29) is 23.1 Å². The standard InChI is InChI=1S/C15H15Cl2NO3S/c1-11-2-4-12(5-3-11)21-9-8-18-22(19,20)13-6-7-14(16)15(17)10-13/h2-7,10,18H,8-9H2,1H3. The van der Waals surface area contributed by atoms with Crippen molar-refractivity contribution in [2.75, 3.05) is 13.2 Å². The van der Waals surface area contributed by atoms with Crippen LogP contribution in [0.5, 0.6) is 5.75 Å². The summed E-state index contributed by atoms with van der Waals surface area (Å²) in [4.78, 5) is 0.0669. The number of benzene rings is 2. The van der Waals surface area contributed by atoms with E-state index in [0.29, 0.717) is 10.8 Å². The third-order valence-corrected chi connectivity index (χ3v) is 5.08. The Hall–Kier alpha value is -1.27. The monoisotopic (exact) mass is 359 g/mol. The molecule has 4 nitrogen and oxygen atoms in total. The Morgan fingerprint density at radius 3 is 2.36 bits per heavy atom. The van der Waals surface area contributed by atoms with Crippen LogP contribution < -0.4 is 9.46 Å². The third-order valence-electron chi connectivity index (χ3n) is 2.89. The van der Waals surface area contributed by atoms with E-state index >= 15 is 0 Å². The average Bonchev–Trinajstić information content (AvgIpc) is 2.48. The van der Waals surface area contributed by atoms with Crippen LogP contribution in [0.3, 0.4) is 0 Å². The minimum atomic E-state index is -3.63. The van der Waals surface area contributed by atoms with E-state index in [2.05, 4.69) is 4.72 Å². The molecule has 22 heavy (non-hydrogen) atoms. The normalized spacial score (nSPS) is 11.4. The van der Waals surface area contributed by atoms with Crippen LogP contribution in [0.15, 0.2) is 47.4 Å². The van der Waals surface area contributed by atoms with Crippen molar-refractivity contribution in [1.29, 1.82) is 0 Å². The Balaban J connectivity index is 1.89. The summed E-state index contributed by atoms with van der Waals surface area (Å²) >= 11 is 11.6. The van der Waals surface area contributed by atoms with Crippen molar-refractivity contribution in [3.05, 3.63) is 58.1 Å². The molecular weight excluding hydrogens is 345 g/mol. The van der Waals surface area contributed by atoms with Gasteiger partial charge in [0.1, 0.15) is 12.4 Å². The number of ether oxygens (including phenoxy) is 1. The summed E-state index contributed by atoms with van der Waals surface area (Å²) in [5.41, 5.74) is 1.13. The van der Waals surface area contributed by atoms with Gasteiger partial charge in [0.05, 0.1) is 14.9 Å². The van der Waals surface area contributed by atoms with Gasteiger partial charge < -0.3 is 4.74 Å². The van der Waals surface area contributed by atoms with E-state index in [0.717, 1.165) is 5.56 Å². The summed E-state index contributed by atoms with van der Waals surface area (Å²) in [7, 11) is -3.63. The van der Waals surface area contributed by atoms with Crippen molar-refractivity contribution >= 4 is 33.2 Å². The van der Waals surface area contributed by atoms with Crippen LogP contribution in [0.4, 0.5) is 0 Å². The van der Waals surface area contributed by atoms with E-state index in [4.69, 9.17) is 27.9 Å². The van der Waals surface area contributed by atoms with Crippen LogP contribution in [0, 0.1) is 6.92 Å². The van der Waals surface area contributed by atoms with Crippen LogP contribution in [-0.2, 0) is 10.0 Å². The minimum absolute atomic E-state index is 0.0669. The first-order chi connectivity index (χ1) is 10.4. The topological polar surface area (TPSA) is 55.4 Å². The van der Waals surface area contributed by atoms with Crippen LogP contribution in [0.1, 0.15) is 5.56 Å². The first kappa shape index (κ1) is 17.1. The number of rotatable bonds is 6. The van der Waals surface area contributed by atoms with Gasteiger partial charge in [0.25, 0.3) is 0 Å². The zero-order valence-electron chi connectivity index (χ0n) is 11.8. The fraction of sp³-hybridized carbons (Fsp3) is 0.200. The Morgan fingerprint density at radius 2 is 1.73 bits per heavy atom. The molecule has 0 saturated heterocycles. The average molecular weight is 360 g/mol. The van der Waals surface area contributed by atoms with Crippen molar-refractivity contribution < 1.29 is 13.2 Å². The number of halogens is 2. The number of hydrogen-bond acceptors (Lipinski definition) is 3. The van der Waals surface area contributed by atoms with Crippen molar-refractivity contribution in [3.8, 4) is 5.75 Å². The van der Waals surface area contributed by atoms with Crippen molar-refractivity contribution in [3.63, 3.8) is 0 Å². The predicted octanol–water partition coefficient (Wildman–Crippen LogP) is 3.66. The molecule has 0 fully saturated rings. The maximum absolute atomic E-state index is 12.1. The molecule has 0 bridgehead atoms. The van der Waals surface area contributed by atoms with Gasteiger partial charge in [-0.25, -0.2) is 13.1 Å². The molecule has 0 aliphatic heterocycles. The van der Waals surface area contributed by atoms with Gasteiger partial charge in [-0.3, -0.25) is 0 Å². The van der Waals surface area contributed by atoms with Crippen LogP contribution in [0.25, 0.3) is 0 Å². The van der Waals surface area contributed by atoms with E-state index in [1.54, 1.807) is 0 Å². The molecule has 0 heterocycles. The molecule has 0 unspecified atom stereocenters. The van der Waals surface area contributed by atoms with Crippen LogP contribution >= 0.6 is 23.2 Å². The lowest BCUT2D eigenvalue weighted by molar-refractivity contribution is 0.323. The molecule has 0 spiro atoms. The zero-order chi connectivity index (χ0) is 16.2. The molecule has 0 amide bonds. The summed E-state index contributed by atoms with van der Waals surface area (Å²) < 4.78 is 32.1. The number of nitrogens with one attached hydrogen (secondary N) is 1. The van der Waals surface area contributed by atoms with E-state index in [1.165, 1.54) is 18.2 Å². The lowest BCUT2D eigenvalue weighted by atomic mass is 10.2. The molecule has 2 rings (SSSR count). The second-order valence-corrected chi connectivity index (χ2v) is 7.22. The van der Waals surface area contributed by atoms with Gasteiger partial charge in [0, 0.05) is 6.54 Å². The largest absolute Gasteiger partial charge is 0.492 e. The fourth-order valence-corrected chi connectivity index (χ4v) is 3.11. The first-order valence-electron chi connectivity index (χ1n) is 6.53. The molecule has 118 valence electrons. The highest BCUT2D eigenvalue weighted by molar-refractivity contribution is 7.89. The molecule has 0 atom stereocenters. The molecular formula is C15H15Cl2NO3S. The summed E-state index contributed by atoms with van der Waals surface area (Å²) in [5.74, 6) is 0.694. The molecule has 0 aromatic heterocycles. The molecule has 0 radical (unpaired) electrons. The molecule has 0 aliphatic rings. The van der Waals surface area contributed by atoms with E-state index in [9.17, 15) is 8.42 Å². The van der Waals surface area contributed by atoms with Gasteiger partial charge in [0.15, 0.2) is 0 Å². The Kier molecular flexibility index (Phi) is 5.69. The smallest absolute Gasteiger partial charge is 0.240 e. The quantitative estimate of drug-likeness (QED) is 0.800. The first-order valence-corrected chi connectivity index (χ1v) is 8.76. The fourth-order valence-electron chi connectivity index (χ4n) is 1.71. The molecule has 7 heteroatoms. The lowest BCUT2D eigenvalue weighted by Gasteiger charge is -2.09. The molecule has 2 aromatic carbocycles. The van der Waals surface area contributed by atoms with Gasteiger partial charge in [-0.15, -0.1) is 0 Å². The second kappa shape index (κ2) is 7.33. The van der Waals surface area contributed by atoms with Crippen molar-refractivity contribution in [1.82, 2.24) is 4.72 Å². The van der Waals surface area contributed by atoms with Gasteiger partial charge in [0.2, 0.25) is 10.0 Å².